The van der Waals surface area contributed by atoms with Crippen LogP contribution in [0.1, 0.15) is 59.8 Å². The molecule has 0 saturated carbocycles. The predicted octanol–water partition coefficient (Wildman–Crippen LogP) is 2.02. The molecule has 1 aliphatic heterocycles. The Morgan fingerprint density at radius 3 is 2.51 bits per heavy atom. The molecule has 0 aliphatic carbocycles. The summed E-state index contributed by atoms with van der Waals surface area (Å²) in [7, 11) is 1.81. The zero-order chi connectivity index (χ0) is 32.7. The molecule has 0 radical (unpaired) electrons. The van der Waals surface area contributed by atoms with Gasteiger partial charge in [-0.3, -0.25) is 9.59 Å². The quantitative estimate of drug-likeness (QED) is 0.116. The van der Waals surface area contributed by atoms with Crippen molar-refractivity contribution >= 4 is 28.8 Å². The van der Waals surface area contributed by atoms with E-state index < -0.39 is 48.6 Å². The fourth-order valence-electron chi connectivity index (χ4n) is 5.39. The van der Waals surface area contributed by atoms with E-state index in [4.69, 9.17) is 14.2 Å². The first kappa shape index (κ1) is 33.7. The van der Waals surface area contributed by atoms with E-state index in [1.54, 1.807) is 13.0 Å². The Hall–Kier alpha value is -4.19. The number of carbonyl (C=O) groups is 3. The molecule has 240 valence electrons. The lowest BCUT2D eigenvalue weighted by Crippen LogP contribution is -2.60. The van der Waals surface area contributed by atoms with E-state index in [2.05, 4.69) is 11.1 Å². The van der Waals surface area contributed by atoms with Crippen LogP contribution in [0, 0.1) is 17.2 Å². The van der Waals surface area contributed by atoms with Crippen molar-refractivity contribution in [1.29, 1.82) is 5.26 Å². The highest BCUT2D eigenvalue weighted by atomic mass is 16.7. The highest BCUT2D eigenvalue weighted by Crippen LogP contribution is 2.29. The number of carbonyl (C=O) groups excluding carboxylic acids is 2. The van der Waals surface area contributed by atoms with E-state index in [-0.39, 0.29) is 18.6 Å². The van der Waals surface area contributed by atoms with Gasteiger partial charge in [-0.1, -0.05) is 37.3 Å². The number of aliphatic hydroxyl groups excluding tert-OH is 3. The molecule has 1 aromatic carbocycles. The van der Waals surface area contributed by atoms with Crippen molar-refractivity contribution in [3.05, 3.63) is 65.0 Å². The third kappa shape index (κ3) is 8.10. The molecule has 3 aromatic rings. The lowest BCUT2D eigenvalue weighted by Gasteiger charge is -2.38. The minimum absolute atomic E-state index is 0.0641. The number of ether oxygens (including phenoxy) is 3. The van der Waals surface area contributed by atoms with Crippen molar-refractivity contribution in [2.24, 2.45) is 13.0 Å². The van der Waals surface area contributed by atoms with Gasteiger partial charge in [0.1, 0.15) is 30.0 Å². The first-order valence-corrected chi connectivity index (χ1v) is 14.7. The second kappa shape index (κ2) is 15.2. The predicted molar refractivity (Wildman–Crippen MR) is 158 cm³/mol. The van der Waals surface area contributed by atoms with Crippen LogP contribution in [-0.2, 0) is 43.9 Å². The molecule has 3 heterocycles. The minimum Gasteiger partial charge on any atom is -0.479 e. The number of nitriles is 1. The van der Waals surface area contributed by atoms with Crippen molar-refractivity contribution in [1.82, 2.24) is 9.55 Å². The number of esters is 1. The molecule has 1 aliphatic rings. The van der Waals surface area contributed by atoms with Gasteiger partial charge in [0.25, 0.3) is 0 Å². The van der Waals surface area contributed by atoms with E-state index in [1.165, 1.54) is 6.20 Å². The number of hydrogen-bond donors (Lipinski definition) is 4. The second-order valence-electron chi connectivity index (χ2n) is 11.2. The molecule has 13 heteroatoms. The van der Waals surface area contributed by atoms with Gasteiger partial charge in [0, 0.05) is 49.3 Å². The third-order valence-corrected chi connectivity index (χ3v) is 7.73. The van der Waals surface area contributed by atoms with Crippen molar-refractivity contribution < 1.29 is 49.0 Å². The number of carboxylic acid groups (broad SMARTS) is 1. The van der Waals surface area contributed by atoms with Crippen LogP contribution in [0.5, 0.6) is 0 Å². The molecule has 45 heavy (non-hydrogen) atoms. The third-order valence-electron chi connectivity index (χ3n) is 7.73. The maximum Gasteiger partial charge on any atom is 0.335 e. The van der Waals surface area contributed by atoms with Crippen LogP contribution in [-0.4, -0.2) is 85.0 Å². The molecule has 0 spiro atoms. The standard InChI is InChI=1S/C32H37N3O10/c1-18(13-24(37)44-32-28(40)26(38)27(39)29(45-32)31(41)42)12-23(36)25-21-14-20(15-33)16-34-30(21)35(2)22(25)10-6-7-11-43-17-19-8-4-3-5-9-19/h3-5,8-9,14,16,18,26-29,32,38-40H,6-7,10-13,17H2,1-2H3,(H,41,42)/t18-,26?,27?,28?,29?,32?/m0/s1. The number of aliphatic hydroxyl groups is 3. The van der Waals surface area contributed by atoms with Crippen LogP contribution in [0.15, 0.2) is 42.6 Å². The fourth-order valence-corrected chi connectivity index (χ4v) is 5.39. The highest BCUT2D eigenvalue weighted by molar-refractivity contribution is 6.09. The van der Waals surface area contributed by atoms with Crippen molar-refractivity contribution in [3.8, 4) is 6.07 Å². The van der Waals surface area contributed by atoms with Crippen LogP contribution < -0.4 is 0 Å². The van der Waals surface area contributed by atoms with Gasteiger partial charge < -0.3 is 39.2 Å². The first-order chi connectivity index (χ1) is 21.5. The number of benzene rings is 1. The highest BCUT2D eigenvalue weighted by Gasteiger charge is 2.48. The molecule has 2 aromatic heterocycles. The normalized spacial score (nSPS) is 22.1. The van der Waals surface area contributed by atoms with E-state index in [9.17, 15) is 40.1 Å². The smallest absolute Gasteiger partial charge is 0.335 e. The number of aliphatic carboxylic acids is 1. The number of ketones is 1. The Labute approximate surface area is 259 Å². The molecule has 1 saturated heterocycles. The summed E-state index contributed by atoms with van der Waals surface area (Å²) in [6.07, 6.45) is -6.30. The van der Waals surface area contributed by atoms with Crippen molar-refractivity contribution in [3.63, 3.8) is 0 Å². The van der Waals surface area contributed by atoms with Gasteiger partial charge in [-0.25, -0.2) is 9.78 Å². The van der Waals surface area contributed by atoms with Crippen LogP contribution in [0.25, 0.3) is 11.0 Å². The molecule has 0 amide bonds. The maximum atomic E-state index is 13.7. The molecule has 13 nitrogen and oxygen atoms in total. The van der Waals surface area contributed by atoms with E-state index >= 15 is 0 Å². The van der Waals surface area contributed by atoms with Crippen LogP contribution in [0.4, 0.5) is 0 Å². The molecule has 4 rings (SSSR count). The molecular weight excluding hydrogens is 586 g/mol. The number of rotatable bonds is 14. The summed E-state index contributed by atoms with van der Waals surface area (Å²) in [5.74, 6) is -3.30. The summed E-state index contributed by atoms with van der Waals surface area (Å²) < 4.78 is 17.7. The maximum absolute atomic E-state index is 13.7. The van der Waals surface area contributed by atoms with Gasteiger partial charge in [-0.15, -0.1) is 0 Å². The van der Waals surface area contributed by atoms with Crippen molar-refractivity contribution in [2.75, 3.05) is 6.61 Å². The fraction of sp³-hybridized carbons (Fsp3) is 0.469. The SMILES string of the molecule is C[C@H](CC(=O)OC1OC(C(=O)O)C(O)C(O)C1O)CC(=O)c1c(CCCCOCc2ccccc2)n(C)c2ncc(C#N)cc12. The van der Waals surface area contributed by atoms with Gasteiger partial charge in [0.2, 0.25) is 6.29 Å². The first-order valence-electron chi connectivity index (χ1n) is 14.7. The Morgan fingerprint density at radius 2 is 1.82 bits per heavy atom. The number of carboxylic acids is 1. The zero-order valence-corrected chi connectivity index (χ0v) is 25.0. The van der Waals surface area contributed by atoms with E-state index in [1.807, 2.05) is 41.9 Å². The second-order valence-corrected chi connectivity index (χ2v) is 11.2. The number of aryl methyl sites for hydroxylation is 1. The number of pyridine rings is 1. The molecular formula is C32H37N3O10. The van der Waals surface area contributed by atoms with Crippen LogP contribution in [0.3, 0.4) is 0 Å². The molecule has 6 atom stereocenters. The summed E-state index contributed by atoms with van der Waals surface area (Å²) in [6.45, 7) is 2.71. The summed E-state index contributed by atoms with van der Waals surface area (Å²) in [4.78, 5) is 42.1. The van der Waals surface area contributed by atoms with Gasteiger partial charge in [-0.2, -0.15) is 5.26 Å². The summed E-state index contributed by atoms with van der Waals surface area (Å²) in [5.41, 5.74) is 3.12. The average molecular weight is 624 g/mol. The molecule has 5 unspecified atom stereocenters. The molecule has 1 fully saturated rings. The lowest BCUT2D eigenvalue weighted by atomic mass is 9.94. The summed E-state index contributed by atoms with van der Waals surface area (Å²) in [6, 6.07) is 13.5. The van der Waals surface area contributed by atoms with Gasteiger partial charge >= 0.3 is 11.9 Å². The largest absolute Gasteiger partial charge is 0.479 e. The lowest BCUT2D eigenvalue weighted by molar-refractivity contribution is -0.286. The Balaban J connectivity index is 1.41. The number of aromatic nitrogens is 2. The van der Waals surface area contributed by atoms with Gasteiger partial charge in [0.05, 0.1) is 12.2 Å². The zero-order valence-electron chi connectivity index (χ0n) is 25.0. The average Bonchev–Trinajstić information content (AvgIpc) is 3.29. The topological polar surface area (TPSA) is 201 Å². The van der Waals surface area contributed by atoms with Gasteiger partial charge in [0.15, 0.2) is 11.9 Å². The van der Waals surface area contributed by atoms with Crippen LogP contribution in [0.2, 0.25) is 0 Å². The number of Topliss-reactive ketones (excluding diaryl/α,β-unsaturated/α-hetero) is 1. The van der Waals surface area contributed by atoms with E-state index in [0.717, 1.165) is 24.1 Å². The van der Waals surface area contributed by atoms with Gasteiger partial charge in [-0.05, 0) is 36.8 Å². The van der Waals surface area contributed by atoms with Crippen LogP contribution >= 0.6 is 0 Å². The Kier molecular flexibility index (Phi) is 11.4. The number of hydrogen-bond acceptors (Lipinski definition) is 11. The molecule has 0 bridgehead atoms. The Morgan fingerprint density at radius 1 is 1.09 bits per heavy atom. The minimum atomic E-state index is -1.92. The number of unbranched alkanes of at least 4 members (excludes halogenated alkanes) is 1. The van der Waals surface area contributed by atoms with Crippen molar-refractivity contribution in [2.45, 2.75) is 76.3 Å². The molecule has 4 N–H and O–H groups in total. The number of nitrogens with zero attached hydrogens (tertiary/aromatic N) is 3. The summed E-state index contributed by atoms with van der Waals surface area (Å²) in [5, 5.41) is 49.1. The monoisotopic (exact) mass is 623 g/mol. The number of fused-ring (bicyclic) bond motifs is 1. The summed E-state index contributed by atoms with van der Waals surface area (Å²) >= 11 is 0. The Bertz CT molecular complexity index is 1550. The van der Waals surface area contributed by atoms with E-state index in [0.29, 0.717) is 41.8 Å².